The number of nitrogens with zero attached hydrogens (tertiary/aromatic N) is 1. The quantitative estimate of drug-likeness (QED) is 0.214. The number of ether oxygens (including phenoxy) is 2. The molecule has 2 aliphatic heterocycles. The lowest BCUT2D eigenvalue weighted by Gasteiger charge is -2.30. The van der Waals surface area contributed by atoms with E-state index in [0.29, 0.717) is 37.5 Å². The molecule has 3 atom stereocenters. The number of imide groups is 1. The number of para-hydroxylation sites is 1. The number of rotatable bonds is 7. The molecule has 0 saturated carbocycles. The number of nitrogens with one attached hydrogen (secondary N) is 1. The Labute approximate surface area is 248 Å². The fourth-order valence-corrected chi connectivity index (χ4v) is 7.94. The van der Waals surface area contributed by atoms with Crippen molar-refractivity contribution in [2.24, 2.45) is 5.92 Å². The lowest BCUT2D eigenvalue weighted by Crippen LogP contribution is -2.32. The average molecular weight is 607 g/mol. The van der Waals surface area contributed by atoms with Gasteiger partial charge in [0.15, 0.2) is 0 Å². The maximum absolute atomic E-state index is 14.1. The Bertz CT molecular complexity index is 1720. The number of benzene rings is 3. The van der Waals surface area contributed by atoms with Gasteiger partial charge in [0.2, 0.25) is 11.8 Å². The molecule has 2 aliphatic rings. The van der Waals surface area contributed by atoms with Gasteiger partial charge in [0.05, 0.1) is 28.8 Å². The van der Waals surface area contributed by atoms with Crippen LogP contribution in [0.1, 0.15) is 39.2 Å². The molecule has 2 unspecified atom stereocenters. The molecule has 2 amide bonds. The van der Waals surface area contributed by atoms with Crippen molar-refractivity contribution >= 4 is 58.2 Å². The Morgan fingerprint density at radius 2 is 1.78 bits per heavy atom. The molecule has 1 saturated heterocycles. The van der Waals surface area contributed by atoms with Crippen LogP contribution in [-0.4, -0.2) is 34.6 Å². The molecule has 0 spiro atoms. The first-order chi connectivity index (χ1) is 19.9. The van der Waals surface area contributed by atoms with Gasteiger partial charge in [-0.15, -0.1) is 0 Å². The van der Waals surface area contributed by atoms with Crippen LogP contribution in [0.25, 0.3) is 0 Å². The van der Waals surface area contributed by atoms with Crippen molar-refractivity contribution in [2.75, 3.05) is 11.5 Å². The van der Waals surface area contributed by atoms with Gasteiger partial charge in [0, 0.05) is 21.4 Å². The lowest BCUT2D eigenvalue weighted by atomic mass is 9.82. The summed E-state index contributed by atoms with van der Waals surface area (Å²) < 4.78 is 11.3. The number of H-pyrrole nitrogens is 1. The number of hydrogen-bond donors (Lipinski definition) is 1. The van der Waals surface area contributed by atoms with Crippen LogP contribution in [0.5, 0.6) is 5.75 Å². The minimum absolute atomic E-state index is 0.238. The van der Waals surface area contributed by atoms with Crippen molar-refractivity contribution in [3.05, 3.63) is 109 Å². The Kier molecular flexibility index (Phi) is 7.46. The number of carbonyl (C=O) groups excluding carboxylic acids is 3. The maximum atomic E-state index is 14.1. The summed E-state index contributed by atoms with van der Waals surface area (Å²) in [5, 5.41) is 0.422. The van der Waals surface area contributed by atoms with Crippen LogP contribution in [0, 0.1) is 5.92 Å². The van der Waals surface area contributed by atoms with Crippen LogP contribution < -0.4 is 14.5 Å². The highest BCUT2D eigenvalue weighted by Crippen LogP contribution is 2.54. The van der Waals surface area contributed by atoms with E-state index in [1.807, 2.05) is 42.5 Å². The monoisotopic (exact) mass is 606 g/mol. The molecule has 0 radical (unpaired) electrons. The number of fused-ring (bicyclic) bond motifs is 2. The number of aromatic nitrogens is 1. The summed E-state index contributed by atoms with van der Waals surface area (Å²) in [4.78, 5) is 56.8. The third-order valence-corrected chi connectivity index (χ3v) is 9.63. The van der Waals surface area contributed by atoms with Crippen molar-refractivity contribution in [3.63, 3.8) is 0 Å². The Morgan fingerprint density at radius 3 is 2.54 bits per heavy atom. The van der Waals surface area contributed by atoms with E-state index in [1.165, 1.54) is 28.8 Å². The highest BCUT2D eigenvalue weighted by molar-refractivity contribution is 8.00. The number of anilines is 1. The summed E-state index contributed by atoms with van der Waals surface area (Å²) in [6.07, 6.45) is 0. The van der Waals surface area contributed by atoms with E-state index in [9.17, 15) is 19.2 Å². The van der Waals surface area contributed by atoms with Crippen LogP contribution in [0.2, 0.25) is 5.02 Å². The van der Waals surface area contributed by atoms with Crippen molar-refractivity contribution < 1.29 is 23.9 Å². The van der Waals surface area contributed by atoms with Crippen LogP contribution in [-0.2, 0) is 20.9 Å². The van der Waals surface area contributed by atoms with E-state index in [2.05, 4.69) is 4.98 Å². The van der Waals surface area contributed by atoms with Gasteiger partial charge in [-0.1, -0.05) is 65.0 Å². The molecule has 1 fully saturated rings. The van der Waals surface area contributed by atoms with E-state index in [0.717, 1.165) is 16.9 Å². The SMILES string of the molecule is CCOC(=O)c1ccc(N2C(=O)C3Sc4[nH]c(=O)sc4[C@H](c4ccccc4OCc4cccc(Cl)c4)C3C2=O)cc1. The predicted molar refractivity (Wildman–Crippen MR) is 157 cm³/mol. The fraction of sp³-hybridized carbons (Fsp3) is 0.200. The third kappa shape index (κ3) is 5.07. The van der Waals surface area contributed by atoms with Gasteiger partial charge in [0.1, 0.15) is 17.6 Å². The van der Waals surface area contributed by atoms with E-state index in [1.54, 1.807) is 25.1 Å². The normalized spacial score (nSPS) is 19.6. The molecule has 1 N–H and O–H groups in total. The highest BCUT2D eigenvalue weighted by Gasteiger charge is 2.56. The second kappa shape index (κ2) is 11.2. The van der Waals surface area contributed by atoms with Gasteiger partial charge in [-0.25, -0.2) is 9.69 Å². The molecular weight excluding hydrogens is 584 g/mol. The summed E-state index contributed by atoms with van der Waals surface area (Å²) >= 11 is 8.39. The van der Waals surface area contributed by atoms with Gasteiger partial charge in [-0.2, -0.15) is 0 Å². The molecule has 6 rings (SSSR count). The number of carbonyl (C=O) groups is 3. The van der Waals surface area contributed by atoms with E-state index in [-0.39, 0.29) is 29.9 Å². The van der Waals surface area contributed by atoms with E-state index < -0.39 is 23.1 Å². The van der Waals surface area contributed by atoms with Gasteiger partial charge in [-0.3, -0.25) is 14.4 Å². The maximum Gasteiger partial charge on any atom is 0.338 e. The molecule has 0 aliphatic carbocycles. The largest absolute Gasteiger partial charge is 0.489 e. The second-order valence-corrected chi connectivity index (χ2v) is 12.1. The topological polar surface area (TPSA) is 106 Å². The predicted octanol–water partition coefficient (Wildman–Crippen LogP) is 5.64. The van der Waals surface area contributed by atoms with Crippen LogP contribution in [0.15, 0.2) is 82.6 Å². The summed E-state index contributed by atoms with van der Waals surface area (Å²) in [7, 11) is 0. The standard InChI is InChI=1S/C30H23ClN2O6S2/c1-2-38-29(36)17-10-12-19(13-11-17)33-27(34)23-22(24-26(32-30(37)41-24)40-25(23)28(33)35)20-8-3-4-9-21(20)39-15-16-6-5-7-18(31)14-16/h3-14,22-23,25H,2,15H2,1H3,(H,32,37)/t22-,23?,25?/m1/s1. The fourth-order valence-electron chi connectivity index (χ4n) is 5.22. The number of hydrogen-bond acceptors (Lipinski definition) is 8. The van der Waals surface area contributed by atoms with Gasteiger partial charge in [-0.05, 0) is 55.0 Å². The zero-order valence-corrected chi connectivity index (χ0v) is 24.1. The molecule has 3 aromatic carbocycles. The summed E-state index contributed by atoms with van der Waals surface area (Å²) in [5.74, 6) is -2.05. The number of esters is 1. The number of thiazole rings is 1. The molecule has 208 valence electrons. The molecule has 8 nitrogen and oxygen atoms in total. The Balaban J connectivity index is 1.37. The van der Waals surface area contributed by atoms with E-state index in [4.69, 9.17) is 21.1 Å². The Hall–Kier alpha value is -3.86. The molecular formula is C30H23ClN2O6S2. The highest BCUT2D eigenvalue weighted by atomic mass is 35.5. The second-order valence-electron chi connectivity index (χ2n) is 9.49. The molecule has 4 aromatic rings. The minimum Gasteiger partial charge on any atom is -0.489 e. The summed E-state index contributed by atoms with van der Waals surface area (Å²) in [6.45, 7) is 2.20. The number of aromatic amines is 1. The van der Waals surface area contributed by atoms with Crippen molar-refractivity contribution in [1.82, 2.24) is 4.98 Å². The molecule has 3 heterocycles. The van der Waals surface area contributed by atoms with Gasteiger partial charge < -0.3 is 14.5 Å². The number of amides is 2. The zero-order chi connectivity index (χ0) is 28.7. The number of thioether (sulfide) groups is 1. The Morgan fingerprint density at radius 1 is 1.00 bits per heavy atom. The van der Waals surface area contributed by atoms with Crippen molar-refractivity contribution in [3.8, 4) is 5.75 Å². The minimum atomic E-state index is -0.771. The number of halogens is 1. The molecule has 0 bridgehead atoms. The third-order valence-electron chi connectivity index (χ3n) is 7.00. The van der Waals surface area contributed by atoms with Crippen LogP contribution in [0.3, 0.4) is 0 Å². The van der Waals surface area contributed by atoms with Crippen LogP contribution in [0.4, 0.5) is 5.69 Å². The van der Waals surface area contributed by atoms with Crippen molar-refractivity contribution in [1.29, 1.82) is 0 Å². The molecule has 41 heavy (non-hydrogen) atoms. The first-order valence-corrected chi connectivity index (χ1v) is 14.9. The van der Waals surface area contributed by atoms with Gasteiger partial charge >= 0.3 is 10.8 Å². The molecule has 1 aromatic heterocycles. The molecule has 11 heteroatoms. The lowest BCUT2D eigenvalue weighted by molar-refractivity contribution is -0.122. The summed E-state index contributed by atoms with van der Waals surface area (Å²) in [5.41, 5.74) is 2.27. The first kappa shape index (κ1) is 27.3. The summed E-state index contributed by atoms with van der Waals surface area (Å²) in [6, 6.07) is 20.9. The average Bonchev–Trinajstić information content (AvgIpc) is 3.46. The van der Waals surface area contributed by atoms with E-state index >= 15 is 0 Å². The van der Waals surface area contributed by atoms with Crippen LogP contribution >= 0.6 is 34.7 Å². The smallest absolute Gasteiger partial charge is 0.338 e. The van der Waals surface area contributed by atoms with Crippen molar-refractivity contribution in [2.45, 2.75) is 29.7 Å². The van der Waals surface area contributed by atoms with Gasteiger partial charge in [0.25, 0.3) is 0 Å². The zero-order valence-electron chi connectivity index (χ0n) is 21.7. The first-order valence-electron chi connectivity index (χ1n) is 12.9.